The Kier molecular flexibility index (Phi) is 7.31. The molecule has 158 valence electrons. The molecule has 1 fully saturated rings. The number of hydrogen-bond acceptors (Lipinski definition) is 5. The number of nitro benzene ring substituents is 1. The number of carbonyl (C=O) groups is 1. The summed E-state index contributed by atoms with van der Waals surface area (Å²) in [6.07, 6.45) is 2.83. The zero-order valence-corrected chi connectivity index (χ0v) is 18.0. The predicted molar refractivity (Wildman–Crippen MR) is 122 cm³/mol. The molecule has 0 aromatic heterocycles. The molecule has 1 aliphatic heterocycles. The van der Waals surface area contributed by atoms with E-state index in [9.17, 15) is 14.9 Å². The molecule has 0 atom stereocenters. The zero-order valence-electron chi connectivity index (χ0n) is 16.5. The lowest BCUT2D eigenvalue weighted by atomic mass is 10.2. The SMILES string of the molecule is CCN1CCN(c2c(Cl)cccc2NC(=O)C=Cc2ccc(Cl)c([N+](=O)[O-])c2)CC1. The number of carbonyl (C=O) groups excluding carboxylic acids is 1. The minimum atomic E-state index is -0.559. The van der Waals surface area contributed by atoms with Crippen molar-refractivity contribution in [3.05, 3.63) is 68.2 Å². The van der Waals surface area contributed by atoms with E-state index >= 15 is 0 Å². The number of nitrogens with one attached hydrogen (secondary N) is 1. The van der Waals surface area contributed by atoms with Crippen molar-refractivity contribution in [1.29, 1.82) is 0 Å². The van der Waals surface area contributed by atoms with Gasteiger partial charge in [-0.25, -0.2) is 0 Å². The molecule has 1 amide bonds. The lowest BCUT2D eigenvalue weighted by Crippen LogP contribution is -2.46. The Bertz CT molecular complexity index is 973. The lowest BCUT2D eigenvalue weighted by molar-refractivity contribution is -0.384. The van der Waals surface area contributed by atoms with Gasteiger partial charge in [0, 0.05) is 38.3 Å². The molecule has 0 saturated carbocycles. The van der Waals surface area contributed by atoms with E-state index in [1.54, 1.807) is 18.2 Å². The van der Waals surface area contributed by atoms with E-state index in [2.05, 4.69) is 22.0 Å². The third-order valence-corrected chi connectivity index (χ3v) is 5.60. The second-order valence-electron chi connectivity index (χ2n) is 6.85. The first-order chi connectivity index (χ1) is 14.4. The summed E-state index contributed by atoms with van der Waals surface area (Å²) in [5.74, 6) is -0.358. The first-order valence-electron chi connectivity index (χ1n) is 9.58. The zero-order chi connectivity index (χ0) is 21.7. The van der Waals surface area contributed by atoms with E-state index in [-0.39, 0.29) is 16.6 Å². The second kappa shape index (κ2) is 9.93. The van der Waals surface area contributed by atoms with Gasteiger partial charge >= 0.3 is 0 Å². The lowest BCUT2D eigenvalue weighted by Gasteiger charge is -2.36. The second-order valence-corrected chi connectivity index (χ2v) is 7.66. The van der Waals surface area contributed by atoms with Crippen LogP contribution in [0.1, 0.15) is 12.5 Å². The Morgan fingerprint density at radius 2 is 1.90 bits per heavy atom. The van der Waals surface area contributed by atoms with Gasteiger partial charge in [0.1, 0.15) is 5.02 Å². The molecule has 9 heteroatoms. The number of halogens is 2. The van der Waals surface area contributed by atoms with Gasteiger partial charge in [-0.15, -0.1) is 0 Å². The average Bonchev–Trinajstić information content (AvgIpc) is 2.73. The van der Waals surface area contributed by atoms with Crippen LogP contribution in [0.15, 0.2) is 42.5 Å². The summed E-state index contributed by atoms with van der Waals surface area (Å²) < 4.78 is 0. The van der Waals surface area contributed by atoms with Crippen molar-refractivity contribution in [2.45, 2.75) is 6.92 Å². The number of piperazine rings is 1. The minimum absolute atomic E-state index is 0.0494. The largest absolute Gasteiger partial charge is 0.366 e. The third-order valence-electron chi connectivity index (χ3n) is 4.97. The molecule has 0 aliphatic carbocycles. The first-order valence-corrected chi connectivity index (χ1v) is 10.3. The molecular formula is C21H22Cl2N4O3. The van der Waals surface area contributed by atoms with Gasteiger partial charge in [-0.1, -0.05) is 42.3 Å². The first kappa shape index (κ1) is 22.1. The highest BCUT2D eigenvalue weighted by molar-refractivity contribution is 6.34. The number of nitro groups is 1. The van der Waals surface area contributed by atoms with Gasteiger partial charge in [0.2, 0.25) is 5.91 Å². The van der Waals surface area contributed by atoms with Gasteiger partial charge < -0.3 is 15.1 Å². The van der Waals surface area contributed by atoms with Crippen LogP contribution in [-0.4, -0.2) is 48.5 Å². The number of likely N-dealkylation sites (N-methyl/N-ethyl adjacent to an activating group) is 1. The Morgan fingerprint density at radius 3 is 2.57 bits per heavy atom. The Hall–Kier alpha value is -2.61. The molecule has 2 aromatic rings. The van der Waals surface area contributed by atoms with Crippen molar-refractivity contribution < 1.29 is 9.72 Å². The molecule has 0 radical (unpaired) electrons. The van der Waals surface area contributed by atoms with Crippen LogP contribution in [-0.2, 0) is 4.79 Å². The van der Waals surface area contributed by atoms with Crippen LogP contribution in [0.25, 0.3) is 6.08 Å². The van der Waals surface area contributed by atoms with Crippen LogP contribution in [0.2, 0.25) is 10.0 Å². The summed E-state index contributed by atoms with van der Waals surface area (Å²) >= 11 is 12.3. The number of hydrogen-bond donors (Lipinski definition) is 1. The van der Waals surface area contributed by atoms with E-state index in [1.807, 2.05) is 6.07 Å². The fraction of sp³-hybridized carbons (Fsp3) is 0.286. The number of para-hydroxylation sites is 1. The number of amides is 1. The standard InChI is InChI=1S/C21H22Cl2N4O3/c1-2-25-10-12-26(13-11-25)21-17(23)4-3-5-18(21)24-20(28)9-7-15-6-8-16(22)19(14-15)27(29)30/h3-9,14H,2,10-13H2,1H3,(H,24,28). The third kappa shape index (κ3) is 5.30. The summed E-state index contributed by atoms with van der Waals surface area (Å²) in [5, 5.41) is 14.5. The number of nitrogens with zero attached hydrogens (tertiary/aromatic N) is 3. The maximum atomic E-state index is 12.5. The van der Waals surface area contributed by atoms with Crippen LogP contribution in [0, 0.1) is 10.1 Å². The van der Waals surface area contributed by atoms with E-state index in [4.69, 9.17) is 23.2 Å². The van der Waals surface area contributed by atoms with Gasteiger partial charge in [0.15, 0.2) is 0 Å². The molecule has 30 heavy (non-hydrogen) atoms. The monoisotopic (exact) mass is 448 g/mol. The van der Waals surface area contributed by atoms with Crippen LogP contribution in [0.5, 0.6) is 0 Å². The number of benzene rings is 2. The van der Waals surface area contributed by atoms with Crippen molar-refractivity contribution in [2.75, 3.05) is 42.9 Å². The Labute approximate surface area is 185 Å². The molecule has 1 N–H and O–H groups in total. The van der Waals surface area contributed by atoms with Crippen LogP contribution in [0.4, 0.5) is 17.1 Å². The summed E-state index contributed by atoms with van der Waals surface area (Å²) in [5.41, 5.74) is 1.73. The Morgan fingerprint density at radius 1 is 1.17 bits per heavy atom. The topological polar surface area (TPSA) is 78.7 Å². The summed E-state index contributed by atoms with van der Waals surface area (Å²) in [4.78, 5) is 27.5. The maximum Gasteiger partial charge on any atom is 0.288 e. The smallest absolute Gasteiger partial charge is 0.288 e. The van der Waals surface area contributed by atoms with Gasteiger partial charge in [-0.3, -0.25) is 14.9 Å². The highest BCUT2D eigenvalue weighted by atomic mass is 35.5. The highest BCUT2D eigenvalue weighted by Crippen LogP contribution is 2.34. The summed E-state index contributed by atoms with van der Waals surface area (Å²) in [7, 11) is 0. The molecule has 2 aromatic carbocycles. The fourth-order valence-electron chi connectivity index (χ4n) is 3.34. The van der Waals surface area contributed by atoms with Gasteiger partial charge in [0.25, 0.3) is 5.69 Å². The average molecular weight is 449 g/mol. The van der Waals surface area contributed by atoms with E-state index in [0.29, 0.717) is 16.3 Å². The predicted octanol–water partition coefficient (Wildman–Crippen LogP) is 4.70. The van der Waals surface area contributed by atoms with Crippen molar-refractivity contribution >= 4 is 52.2 Å². The molecule has 0 bridgehead atoms. The van der Waals surface area contributed by atoms with Crippen molar-refractivity contribution in [3.63, 3.8) is 0 Å². The quantitative estimate of drug-likeness (QED) is 0.393. The molecule has 0 spiro atoms. The van der Waals surface area contributed by atoms with Crippen LogP contribution < -0.4 is 10.2 Å². The summed E-state index contributed by atoms with van der Waals surface area (Å²) in [6.45, 7) is 6.66. The molecule has 3 rings (SSSR count). The van der Waals surface area contributed by atoms with E-state index in [0.717, 1.165) is 38.4 Å². The van der Waals surface area contributed by atoms with Gasteiger partial charge in [-0.05, 0) is 36.4 Å². The van der Waals surface area contributed by atoms with Crippen LogP contribution >= 0.6 is 23.2 Å². The van der Waals surface area contributed by atoms with E-state index in [1.165, 1.54) is 24.3 Å². The van der Waals surface area contributed by atoms with Crippen molar-refractivity contribution in [1.82, 2.24) is 4.90 Å². The number of rotatable bonds is 6. The normalized spacial score (nSPS) is 14.8. The van der Waals surface area contributed by atoms with Crippen molar-refractivity contribution in [2.24, 2.45) is 0 Å². The minimum Gasteiger partial charge on any atom is -0.366 e. The Balaban J connectivity index is 1.74. The molecule has 1 saturated heterocycles. The fourth-order valence-corrected chi connectivity index (χ4v) is 3.83. The molecular weight excluding hydrogens is 427 g/mol. The van der Waals surface area contributed by atoms with Gasteiger partial charge in [-0.2, -0.15) is 0 Å². The van der Waals surface area contributed by atoms with Crippen LogP contribution in [0.3, 0.4) is 0 Å². The molecule has 1 aliphatic rings. The summed E-state index contributed by atoms with van der Waals surface area (Å²) in [6, 6.07) is 9.77. The highest BCUT2D eigenvalue weighted by Gasteiger charge is 2.21. The number of anilines is 2. The molecule has 1 heterocycles. The maximum absolute atomic E-state index is 12.5. The van der Waals surface area contributed by atoms with E-state index < -0.39 is 4.92 Å². The molecule has 0 unspecified atom stereocenters. The van der Waals surface area contributed by atoms with Crippen molar-refractivity contribution in [3.8, 4) is 0 Å². The molecule has 7 nitrogen and oxygen atoms in total. The van der Waals surface area contributed by atoms with Gasteiger partial charge in [0.05, 0.1) is 21.3 Å².